The summed E-state index contributed by atoms with van der Waals surface area (Å²) in [6.07, 6.45) is 0.506. The number of hydrogen-bond acceptors (Lipinski definition) is 2. The van der Waals surface area contributed by atoms with Gasteiger partial charge in [-0.1, -0.05) is 31.5 Å². The topological polar surface area (TPSA) is 49.4 Å². The molecule has 4 heteroatoms. The first-order valence-electron chi connectivity index (χ1n) is 7.12. The number of benzene rings is 1. The molecule has 1 aliphatic rings. The van der Waals surface area contributed by atoms with Gasteiger partial charge < -0.3 is 10.2 Å². The molecule has 1 heterocycles. The molecule has 1 unspecified atom stereocenters. The summed E-state index contributed by atoms with van der Waals surface area (Å²) in [4.78, 5) is 25.4. The Balaban J connectivity index is 1.94. The smallest absolute Gasteiger partial charge is 0.227 e. The van der Waals surface area contributed by atoms with Crippen LogP contribution >= 0.6 is 0 Å². The van der Waals surface area contributed by atoms with Gasteiger partial charge in [0.25, 0.3) is 0 Å². The van der Waals surface area contributed by atoms with Crippen LogP contribution in [0.25, 0.3) is 0 Å². The first-order valence-corrected chi connectivity index (χ1v) is 7.12. The Kier molecular flexibility index (Phi) is 4.42. The SMILES string of the molecule is Cc1ccc(N2CC(CNC(=O)C(C)C)CC2=O)cc1. The molecular weight excluding hydrogens is 252 g/mol. The maximum absolute atomic E-state index is 12.1. The van der Waals surface area contributed by atoms with E-state index in [0.717, 1.165) is 5.69 Å². The third-order valence-corrected chi connectivity index (χ3v) is 3.64. The Hall–Kier alpha value is -1.84. The summed E-state index contributed by atoms with van der Waals surface area (Å²) in [6, 6.07) is 7.97. The van der Waals surface area contributed by atoms with E-state index < -0.39 is 0 Å². The average Bonchev–Trinajstić information content (AvgIpc) is 2.78. The minimum atomic E-state index is -0.0136. The quantitative estimate of drug-likeness (QED) is 0.914. The molecule has 0 radical (unpaired) electrons. The lowest BCUT2D eigenvalue weighted by molar-refractivity contribution is -0.124. The van der Waals surface area contributed by atoms with Crippen LogP contribution in [0.3, 0.4) is 0 Å². The molecule has 108 valence electrons. The number of nitrogens with zero attached hydrogens (tertiary/aromatic N) is 1. The molecule has 1 aromatic rings. The van der Waals surface area contributed by atoms with E-state index in [1.807, 2.05) is 49.9 Å². The van der Waals surface area contributed by atoms with Gasteiger partial charge in [0.1, 0.15) is 0 Å². The van der Waals surface area contributed by atoms with Crippen molar-refractivity contribution in [2.75, 3.05) is 18.0 Å². The van der Waals surface area contributed by atoms with E-state index >= 15 is 0 Å². The van der Waals surface area contributed by atoms with Gasteiger partial charge in [0.2, 0.25) is 11.8 Å². The van der Waals surface area contributed by atoms with Crippen LogP contribution in [0.5, 0.6) is 0 Å². The molecule has 4 nitrogen and oxygen atoms in total. The van der Waals surface area contributed by atoms with Gasteiger partial charge >= 0.3 is 0 Å². The maximum Gasteiger partial charge on any atom is 0.227 e. The highest BCUT2D eigenvalue weighted by Gasteiger charge is 2.30. The van der Waals surface area contributed by atoms with E-state index in [0.29, 0.717) is 19.5 Å². The van der Waals surface area contributed by atoms with E-state index in [9.17, 15) is 9.59 Å². The van der Waals surface area contributed by atoms with E-state index in [-0.39, 0.29) is 23.7 Å². The average molecular weight is 274 g/mol. The molecule has 0 saturated carbocycles. The van der Waals surface area contributed by atoms with Crippen molar-refractivity contribution in [3.05, 3.63) is 29.8 Å². The minimum absolute atomic E-state index is 0.0136. The second-order valence-corrected chi connectivity index (χ2v) is 5.81. The maximum atomic E-state index is 12.1. The third-order valence-electron chi connectivity index (χ3n) is 3.64. The number of aryl methyl sites for hydroxylation is 1. The third kappa shape index (κ3) is 3.38. The number of carbonyl (C=O) groups is 2. The van der Waals surface area contributed by atoms with Gasteiger partial charge in [-0.2, -0.15) is 0 Å². The molecular formula is C16H22N2O2. The van der Waals surface area contributed by atoms with E-state index in [1.165, 1.54) is 5.56 Å². The van der Waals surface area contributed by atoms with Gasteiger partial charge in [-0.3, -0.25) is 9.59 Å². The molecule has 0 aliphatic carbocycles. The van der Waals surface area contributed by atoms with Gasteiger partial charge in [-0.25, -0.2) is 0 Å². The number of rotatable bonds is 4. The van der Waals surface area contributed by atoms with Crippen molar-refractivity contribution >= 4 is 17.5 Å². The first kappa shape index (κ1) is 14.6. The number of amides is 2. The summed E-state index contributed by atoms with van der Waals surface area (Å²) in [7, 11) is 0. The highest BCUT2D eigenvalue weighted by molar-refractivity contribution is 5.95. The highest BCUT2D eigenvalue weighted by Crippen LogP contribution is 2.24. The predicted octanol–water partition coefficient (Wildman–Crippen LogP) is 2.12. The summed E-state index contributed by atoms with van der Waals surface area (Å²) in [5, 5.41) is 2.91. The monoisotopic (exact) mass is 274 g/mol. The molecule has 1 saturated heterocycles. The Morgan fingerprint density at radius 1 is 1.35 bits per heavy atom. The zero-order valence-electron chi connectivity index (χ0n) is 12.3. The molecule has 1 aliphatic heterocycles. The number of nitrogens with one attached hydrogen (secondary N) is 1. The fourth-order valence-electron chi connectivity index (χ4n) is 2.34. The van der Waals surface area contributed by atoms with Gasteiger partial charge in [0, 0.05) is 37.0 Å². The Morgan fingerprint density at radius 2 is 2.00 bits per heavy atom. The predicted molar refractivity (Wildman–Crippen MR) is 79.5 cm³/mol. The van der Waals surface area contributed by atoms with Crippen LogP contribution in [0, 0.1) is 18.8 Å². The van der Waals surface area contributed by atoms with Gasteiger partial charge in [-0.05, 0) is 19.1 Å². The van der Waals surface area contributed by atoms with Crippen LogP contribution in [0.15, 0.2) is 24.3 Å². The molecule has 1 N–H and O–H groups in total. The van der Waals surface area contributed by atoms with Gasteiger partial charge in [-0.15, -0.1) is 0 Å². The van der Waals surface area contributed by atoms with E-state index in [2.05, 4.69) is 5.32 Å². The number of carbonyl (C=O) groups excluding carboxylic acids is 2. The summed E-state index contributed by atoms with van der Waals surface area (Å²) in [6.45, 7) is 7.02. The van der Waals surface area contributed by atoms with Crippen LogP contribution in [-0.4, -0.2) is 24.9 Å². The fourth-order valence-corrected chi connectivity index (χ4v) is 2.34. The minimum Gasteiger partial charge on any atom is -0.356 e. The molecule has 1 atom stereocenters. The molecule has 0 bridgehead atoms. The van der Waals surface area contributed by atoms with Crippen LogP contribution in [0.2, 0.25) is 0 Å². The normalized spacial score (nSPS) is 18.7. The largest absolute Gasteiger partial charge is 0.356 e. The molecule has 1 fully saturated rings. The van der Waals surface area contributed by atoms with Crippen molar-refractivity contribution in [2.24, 2.45) is 11.8 Å². The van der Waals surface area contributed by atoms with E-state index in [4.69, 9.17) is 0 Å². The molecule has 20 heavy (non-hydrogen) atoms. The highest BCUT2D eigenvalue weighted by atomic mass is 16.2. The van der Waals surface area contributed by atoms with Crippen LogP contribution < -0.4 is 10.2 Å². The van der Waals surface area contributed by atoms with Crippen molar-refractivity contribution in [3.8, 4) is 0 Å². The molecule has 2 rings (SSSR count). The molecule has 1 aromatic carbocycles. The van der Waals surface area contributed by atoms with Crippen molar-refractivity contribution in [1.29, 1.82) is 0 Å². The van der Waals surface area contributed by atoms with Crippen molar-refractivity contribution in [3.63, 3.8) is 0 Å². The lowest BCUT2D eigenvalue weighted by Crippen LogP contribution is -2.33. The second-order valence-electron chi connectivity index (χ2n) is 5.81. The Morgan fingerprint density at radius 3 is 2.60 bits per heavy atom. The van der Waals surface area contributed by atoms with Gasteiger partial charge in [0.05, 0.1) is 0 Å². The van der Waals surface area contributed by atoms with Crippen molar-refractivity contribution in [1.82, 2.24) is 5.32 Å². The lowest BCUT2D eigenvalue weighted by atomic mass is 10.1. The van der Waals surface area contributed by atoms with Crippen LogP contribution in [-0.2, 0) is 9.59 Å². The number of hydrogen-bond donors (Lipinski definition) is 1. The summed E-state index contributed by atoms with van der Waals surface area (Å²) in [5.41, 5.74) is 2.12. The van der Waals surface area contributed by atoms with Crippen LogP contribution in [0.4, 0.5) is 5.69 Å². The second kappa shape index (κ2) is 6.07. The zero-order valence-corrected chi connectivity index (χ0v) is 12.3. The fraction of sp³-hybridized carbons (Fsp3) is 0.500. The standard InChI is InChI=1S/C16H22N2O2/c1-11(2)16(20)17-9-13-8-15(19)18(10-13)14-6-4-12(3)5-7-14/h4-7,11,13H,8-10H2,1-3H3,(H,17,20). The zero-order chi connectivity index (χ0) is 14.7. The molecule has 0 aromatic heterocycles. The molecule has 0 spiro atoms. The molecule has 2 amide bonds. The first-order chi connectivity index (χ1) is 9.47. The Bertz CT molecular complexity index is 494. The van der Waals surface area contributed by atoms with E-state index in [1.54, 1.807) is 0 Å². The van der Waals surface area contributed by atoms with Gasteiger partial charge in [0.15, 0.2) is 0 Å². The number of anilines is 1. The van der Waals surface area contributed by atoms with Crippen LogP contribution in [0.1, 0.15) is 25.8 Å². The summed E-state index contributed by atoms with van der Waals surface area (Å²) in [5.74, 6) is 0.371. The summed E-state index contributed by atoms with van der Waals surface area (Å²) < 4.78 is 0. The Labute approximate surface area is 120 Å². The summed E-state index contributed by atoms with van der Waals surface area (Å²) >= 11 is 0. The van der Waals surface area contributed by atoms with Crippen molar-refractivity contribution in [2.45, 2.75) is 27.2 Å². The van der Waals surface area contributed by atoms with Crippen molar-refractivity contribution < 1.29 is 9.59 Å². The lowest BCUT2D eigenvalue weighted by Gasteiger charge is -2.17.